The maximum Gasteiger partial charge on any atom is 0.339 e. The monoisotopic (exact) mass is 1070 g/mol. The van der Waals surface area contributed by atoms with Gasteiger partial charge < -0.3 is 49.4 Å². The molecular weight excluding hydrogens is 1010 g/mol. The summed E-state index contributed by atoms with van der Waals surface area (Å²) < 4.78 is 50.2. The molecule has 384 valence electrons. The number of fused-ring (bicyclic) bond motifs is 14. The Kier molecular flexibility index (Phi) is 17.3. The minimum absolute atomic E-state index is 0.111. The summed E-state index contributed by atoms with van der Waals surface area (Å²) >= 11 is 0. The Hall–Kier alpha value is -4.92. The zero-order valence-electron chi connectivity index (χ0n) is 39.2. The molecule has 0 saturated heterocycles. The first-order chi connectivity index (χ1) is 33.7. The molecule has 5 heterocycles. The van der Waals surface area contributed by atoms with Gasteiger partial charge in [-0.3, -0.25) is 37.9 Å². The van der Waals surface area contributed by atoms with Crippen LogP contribution in [0.4, 0.5) is 0 Å². The molecule has 4 aromatic heterocycles. The summed E-state index contributed by atoms with van der Waals surface area (Å²) in [5.74, 6) is -0.509. The number of aryl methyl sites for hydroxylation is 2. The number of hydrogen-bond donors (Lipinski definition) is 10. The van der Waals surface area contributed by atoms with E-state index in [1.165, 1.54) is 19.6 Å². The fraction of sp³-hybridized carbons (Fsp3) is 0.304. The Morgan fingerprint density at radius 1 is 0.375 bits per heavy atom. The summed E-state index contributed by atoms with van der Waals surface area (Å²) in [4.78, 5) is 106. The van der Waals surface area contributed by atoms with E-state index in [9.17, 15) is 67.6 Å². The topological polar surface area (TPSA) is 335 Å². The van der Waals surface area contributed by atoms with Crippen molar-refractivity contribution in [3.8, 4) is 34.3 Å². The van der Waals surface area contributed by atoms with E-state index in [1.807, 2.05) is 0 Å². The molecule has 7 rings (SSSR count). The van der Waals surface area contributed by atoms with Gasteiger partial charge in [0.2, 0.25) is 0 Å². The molecule has 0 atom stereocenters. The number of nitrogens with zero attached hydrogens (tertiary/aromatic N) is 8. The smallest absolute Gasteiger partial charge is 0.339 e. The largest absolute Gasteiger partial charge is 0.507 e. The van der Waals surface area contributed by atoms with Crippen molar-refractivity contribution in [2.45, 2.75) is 66.2 Å². The van der Waals surface area contributed by atoms with Gasteiger partial charge in [-0.05, 0) is 62.4 Å². The van der Waals surface area contributed by atoms with Gasteiger partial charge in [-0.2, -0.15) is 0 Å². The Morgan fingerprint density at radius 2 is 0.583 bits per heavy atom. The van der Waals surface area contributed by atoms with Crippen LogP contribution in [0.5, 0.6) is 11.5 Å². The highest BCUT2D eigenvalue weighted by Gasteiger charge is 2.28. The van der Waals surface area contributed by atoms with Crippen LogP contribution in [0.1, 0.15) is 56.2 Å². The lowest BCUT2D eigenvalue weighted by Gasteiger charge is -2.26. The molecule has 0 saturated carbocycles. The Labute approximate surface area is 415 Å². The number of aromatic hydroxyl groups is 2. The van der Waals surface area contributed by atoms with Gasteiger partial charge in [0, 0.05) is 74.6 Å². The summed E-state index contributed by atoms with van der Waals surface area (Å²) in [5, 5.41) is 23.5. The van der Waals surface area contributed by atoms with Crippen molar-refractivity contribution in [1.82, 2.24) is 39.5 Å². The number of hydrogen-bond acceptors (Lipinski definition) is 14. The van der Waals surface area contributed by atoms with E-state index < -0.39 is 55.5 Å². The minimum Gasteiger partial charge on any atom is -0.507 e. The first kappa shape index (κ1) is 54.8. The third-order valence-corrected chi connectivity index (χ3v) is 14.3. The van der Waals surface area contributed by atoms with Crippen LogP contribution in [0.25, 0.3) is 22.8 Å². The number of phenols is 2. The van der Waals surface area contributed by atoms with E-state index in [4.69, 9.17) is 19.9 Å². The molecule has 12 bridgehead atoms. The van der Waals surface area contributed by atoms with Crippen LogP contribution in [0.15, 0.2) is 97.1 Å². The molecule has 10 N–H and O–H groups in total. The summed E-state index contributed by atoms with van der Waals surface area (Å²) in [6.07, 6.45) is -2.89. The zero-order chi connectivity index (χ0) is 52.2. The fourth-order valence-corrected chi connectivity index (χ4v) is 11.6. The number of phenolic OH excluding ortho intramolecular Hbond substituents is 2. The molecule has 22 nitrogen and oxygen atoms in total. The van der Waals surface area contributed by atoms with Crippen LogP contribution < -0.4 is 0 Å². The van der Waals surface area contributed by atoms with Crippen LogP contribution in [-0.2, 0) is 70.6 Å². The van der Waals surface area contributed by atoms with E-state index in [2.05, 4.69) is 0 Å². The van der Waals surface area contributed by atoms with Crippen molar-refractivity contribution in [2.24, 2.45) is 0 Å². The van der Waals surface area contributed by atoms with E-state index in [0.717, 1.165) is 0 Å². The maximum atomic E-state index is 12.5. The van der Waals surface area contributed by atoms with Crippen molar-refractivity contribution in [3.05, 3.63) is 153 Å². The second-order valence-corrected chi connectivity index (χ2v) is 24.5. The van der Waals surface area contributed by atoms with Crippen molar-refractivity contribution >= 4 is 30.4 Å². The highest BCUT2D eigenvalue weighted by atomic mass is 31.2. The third-order valence-electron chi connectivity index (χ3n) is 11.2. The predicted octanol–water partition coefficient (Wildman–Crippen LogP) is 5.49. The molecule has 26 heteroatoms. The predicted molar refractivity (Wildman–Crippen MR) is 265 cm³/mol. The lowest BCUT2D eigenvalue weighted by atomic mass is 10.0. The first-order valence-corrected chi connectivity index (χ1v) is 29.4. The fourth-order valence-electron chi connectivity index (χ4n) is 8.74. The van der Waals surface area contributed by atoms with Gasteiger partial charge in [-0.25, -0.2) is 19.9 Å². The Bertz CT molecular complexity index is 2730. The molecule has 2 aromatic carbocycles. The van der Waals surface area contributed by atoms with Crippen LogP contribution in [0.2, 0.25) is 0 Å². The molecule has 0 spiro atoms. The van der Waals surface area contributed by atoms with Gasteiger partial charge in [0.25, 0.3) is 0 Å². The van der Waals surface area contributed by atoms with Crippen LogP contribution in [0.3, 0.4) is 0 Å². The minimum atomic E-state index is -4.71. The first-order valence-electron chi connectivity index (χ1n) is 22.2. The second kappa shape index (κ2) is 22.7. The number of rotatable bonds is 8. The lowest BCUT2D eigenvalue weighted by Crippen LogP contribution is -2.26. The highest BCUT2D eigenvalue weighted by molar-refractivity contribution is 7.52. The Morgan fingerprint density at radius 3 is 0.778 bits per heavy atom. The van der Waals surface area contributed by atoms with Gasteiger partial charge in [0.1, 0.15) is 36.6 Å². The molecule has 0 unspecified atom stereocenters. The van der Waals surface area contributed by atoms with E-state index in [-0.39, 0.29) is 86.1 Å². The van der Waals surface area contributed by atoms with Crippen molar-refractivity contribution in [1.29, 1.82) is 0 Å². The average molecular weight is 1070 g/mol. The second-order valence-electron chi connectivity index (χ2n) is 18.1. The van der Waals surface area contributed by atoms with Crippen LogP contribution >= 0.6 is 30.4 Å². The van der Waals surface area contributed by atoms with Crippen LogP contribution in [-0.4, -0.2) is 114 Å². The maximum absolute atomic E-state index is 12.5. The third kappa shape index (κ3) is 16.5. The molecule has 1 aliphatic heterocycles. The molecule has 1 aliphatic rings. The van der Waals surface area contributed by atoms with Crippen molar-refractivity contribution in [2.75, 3.05) is 25.1 Å². The SMILES string of the molecule is Cc1cc2c(O)c(c1)CN(CP(=O)(O)O)Cc1cccc(n1)-c1cccc(n1)CN(CP(=O)(O)O)Cc1cc(C)cc(c1O)CN(CP(=O)(O)O)Cc1cccc(n1)-c1cccc(n1)CN(CP(=O)(O)O)C2. The summed E-state index contributed by atoms with van der Waals surface area (Å²) in [5.41, 5.74) is 5.34. The van der Waals surface area contributed by atoms with E-state index >= 15 is 0 Å². The quantitative estimate of drug-likeness (QED) is 0.0842. The van der Waals surface area contributed by atoms with Gasteiger partial charge in [0.15, 0.2) is 0 Å². The highest BCUT2D eigenvalue weighted by Crippen LogP contribution is 2.41. The molecule has 0 aliphatic carbocycles. The van der Waals surface area contributed by atoms with Gasteiger partial charge in [0.05, 0.1) is 45.6 Å². The standard InChI is InChI=1S/C46H56N8O14P4/c1-31-15-33-19-51(27-69(57,58)59)23-37-7-3-11-41(47-37)43-13-5-9-39(49-43)25-53(29-71(63,64)65)21-35-17-32(2)18-36(46(35)56)22-54(30-72(66,67)68)26-40-10-6-14-44(50-40)42-12-4-8-38(48-42)24-52(28-70(60,61)62)20-34(16-31)45(33)55/h3-18,55-56H,19-30H2,1-2H3,(H2,57,58,59)(H2,60,61,62)(H2,63,64,65)(H2,66,67,68). The summed E-state index contributed by atoms with van der Waals surface area (Å²) in [6.45, 7) is 2.34. The number of benzene rings is 2. The summed E-state index contributed by atoms with van der Waals surface area (Å²) in [6, 6.07) is 26.6. The van der Waals surface area contributed by atoms with Crippen LogP contribution in [0, 0.1) is 13.8 Å². The number of aromatic nitrogens is 4. The van der Waals surface area contributed by atoms with Gasteiger partial charge >= 0.3 is 30.4 Å². The van der Waals surface area contributed by atoms with Gasteiger partial charge in [-0.15, -0.1) is 0 Å². The van der Waals surface area contributed by atoms with Crippen molar-refractivity contribution in [3.63, 3.8) is 0 Å². The molecule has 0 radical (unpaired) electrons. The average Bonchev–Trinajstić information content (AvgIpc) is 3.24. The zero-order valence-corrected chi connectivity index (χ0v) is 42.8. The number of pyridine rings is 4. The molecule has 0 fully saturated rings. The van der Waals surface area contributed by atoms with E-state index in [0.29, 0.717) is 56.7 Å². The van der Waals surface area contributed by atoms with E-state index in [1.54, 1.807) is 111 Å². The Balaban J connectivity index is 1.33. The molecular formula is C46H56N8O14P4. The normalized spacial score (nSPS) is 15.8. The molecule has 72 heavy (non-hydrogen) atoms. The molecule has 6 aromatic rings. The molecule has 0 amide bonds. The van der Waals surface area contributed by atoms with Gasteiger partial charge in [-0.1, -0.05) is 59.7 Å². The van der Waals surface area contributed by atoms with Crippen molar-refractivity contribution < 1.29 is 67.6 Å². The lowest BCUT2D eigenvalue weighted by molar-refractivity contribution is 0.250. The summed E-state index contributed by atoms with van der Waals surface area (Å²) in [7, 11) is -18.8.